The molecule has 1 aromatic heterocycles. The predicted octanol–water partition coefficient (Wildman–Crippen LogP) is 5.57. The van der Waals surface area contributed by atoms with Crippen molar-refractivity contribution in [3.05, 3.63) is 71.9 Å². The number of hydrogen-bond acceptors (Lipinski definition) is 2. The molecule has 0 bridgehead atoms. The van der Waals surface area contributed by atoms with Crippen molar-refractivity contribution in [2.45, 2.75) is 45.6 Å². The number of amides is 2. The first kappa shape index (κ1) is 22.2. The SMILES string of the molecule is CC(C)N1CC=C(c2c[nH]c3ccc(N(CCCCc4ccccc4)C(N)=O)cc23)CC1. The minimum atomic E-state index is -0.398. The van der Waals surface area contributed by atoms with Crippen LogP contribution in [0.2, 0.25) is 0 Å². The van der Waals surface area contributed by atoms with Crippen LogP contribution in [0.1, 0.15) is 44.2 Å². The highest BCUT2D eigenvalue weighted by atomic mass is 16.2. The Morgan fingerprint density at radius 2 is 1.97 bits per heavy atom. The van der Waals surface area contributed by atoms with E-state index in [0.29, 0.717) is 12.6 Å². The van der Waals surface area contributed by atoms with Gasteiger partial charge in [-0.25, -0.2) is 4.79 Å². The standard InChI is InChI=1S/C27H34N4O/c1-20(2)30-16-13-22(14-17-30)25-19-29-26-12-11-23(18-24(25)26)31(27(28)32)15-7-6-10-21-8-4-3-5-9-21/h3-5,8-9,11-13,18-20,29H,6-7,10,14-17H2,1-2H3,(H2,28,32). The number of carbonyl (C=O) groups is 1. The minimum absolute atomic E-state index is 0.398. The molecule has 2 aromatic carbocycles. The maximum absolute atomic E-state index is 12.2. The molecule has 0 saturated heterocycles. The summed E-state index contributed by atoms with van der Waals surface area (Å²) < 4.78 is 0. The second-order valence-corrected chi connectivity index (χ2v) is 8.93. The zero-order chi connectivity index (χ0) is 22.5. The molecule has 0 aliphatic carbocycles. The van der Waals surface area contributed by atoms with Crippen LogP contribution in [0.3, 0.4) is 0 Å². The molecule has 4 rings (SSSR count). The molecule has 0 fully saturated rings. The van der Waals surface area contributed by atoms with E-state index in [-0.39, 0.29) is 0 Å². The molecule has 3 aromatic rings. The number of carbonyl (C=O) groups excluding carboxylic acids is 1. The Labute approximate surface area is 190 Å². The molecule has 0 unspecified atom stereocenters. The molecule has 32 heavy (non-hydrogen) atoms. The summed E-state index contributed by atoms with van der Waals surface area (Å²) in [6.07, 6.45) is 8.41. The Kier molecular flexibility index (Phi) is 6.96. The molecule has 168 valence electrons. The second-order valence-electron chi connectivity index (χ2n) is 8.93. The first-order chi connectivity index (χ1) is 15.5. The van der Waals surface area contributed by atoms with E-state index in [1.807, 2.05) is 12.1 Å². The van der Waals surface area contributed by atoms with E-state index in [0.717, 1.165) is 55.4 Å². The molecule has 5 heteroatoms. The van der Waals surface area contributed by atoms with Crippen LogP contribution in [0.15, 0.2) is 60.8 Å². The monoisotopic (exact) mass is 430 g/mol. The topological polar surface area (TPSA) is 65.4 Å². The van der Waals surface area contributed by atoms with Crippen LogP contribution in [-0.4, -0.2) is 41.6 Å². The fraction of sp³-hybridized carbons (Fsp3) is 0.370. The number of rotatable bonds is 8. The maximum atomic E-state index is 12.2. The molecule has 2 amide bonds. The van der Waals surface area contributed by atoms with Gasteiger partial charge in [-0.3, -0.25) is 9.80 Å². The Morgan fingerprint density at radius 1 is 1.16 bits per heavy atom. The Hall–Kier alpha value is -3.05. The number of primary amides is 1. The molecule has 0 atom stereocenters. The number of aromatic nitrogens is 1. The number of benzene rings is 2. The maximum Gasteiger partial charge on any atom is 0.319 e. The summed E-state index contributed by atoms with van der Waals surface area (Å²) in [5.74, 6) is 0. The molecular weight excluding hydrogens is 396 g/mol. The van der Waals surface area contributed by atoms with Crippen molar-refractivity contribution in [3.63, 3.8) is 0 Å². The minimum Gasteiger partial charge on any atom is -0.361 e. The predicted molar refractivity (Wildman–Crippen MR) is 134 cm³/mol. The van der Waals surface area contributed by atoms with Crippen molar-refractivity contribution in [1.82, 2.24) is 9.88 Å². The lowest BCUT2D eigenvalue weighted by atomic mass is 9.98. The van der Waals surface area contributed by atoms with Gasteiger partial charge in [0.05, 0.1) is 0 Å². The third-order valence-corrected chi connectivity index (χ3v) is 6.50. The van der Waals surface area contributed by atoms with Crippen LogP contribution in [-0.2, 0) is 6.42 Å². The Balaban J connectivity index is 1.48. The van der Waals surface area contributed by atoms with Crippen LogP contribution in [0.4, 0.5) is 10.5 Å². The van der Waals surface area contributed by atoms with E-state index in [4.69, 9.17) is 5.73 Å². The molecule has 0 spiro atoms. The number of anilines is 1. The van der Waals surface area contributed by atoms with Crippen molar-refractivity contribution < 1.29 is 4.79 Å². The van der Waals surface area contributed by atoms with E-state index < -0.39 is 6.03 Å². The van der Waals surface area contributed by atoms with Crippen LogP contribution < -0.4 is 10.6 Å². The lowest BCUT2D eigenvalue weighted by Gasteiger charge is -2.29. The number of nitrogens with zero attached hydrogens (tertiary/aromatic N) is 2. The van der Waals surface area contributed by atoms with Gasteiger partial charge in [-0.1, -0.05) is 36.4 Å². The number of unbranched alkanes of at least 4 members (excludes halogenated alkanes) is 1. The average molecular weight is 431 g/mol. The summed E-state index contributed by atoms with van der Waals surface area (Å²) in [7, 11) is 0. The number of nitrogens with two attached hydrogens (primary N) is 1. The smallest absolute Gasteiger partial charge is 0.319 e. The molecule has 5 nitrogen and oxygen atoms in total. The molecule has 1 aliphatic heterocycles. The highest BCUT2D eigenvalue weighted by Gasteiger charge is 2.19. The average Bonchev–Trinajstić information content (AvgIpc) is 3.23. The van der Waals surface area contributed by atoms with E-state index in [2.05, 4.69) is 72.4 Å². The first-order valence-electron chi connectivity index (χ1n) is 11.7. The fourth-order valence-corrected chi connectivity index (χ4v) is 4.55. The third kappa shape index (κ3) is 5.05. The number of urea groups is 1. The van der Waals surface area contributed by atoms with Crippen molar-refractivity contribution >= 4 is 28.2 Å². The van der Waals surface area contributed by atoms with Gasteiger partial charge in [-0.2, -0.15) is 0 Å². The fourth-order valence-electron chi connectivity index (χ4n) is 4.55. The quantitative estimate of drug-likeness (QED) is 0.459. The number of H-pyrrole nitrogens is 1. The van der Waals surface area contributed by atoms with Gasteiger partial charge < -0.3 is 10.7 Å². The molecular formula is C27H34N4O. The second kappa shape index (κ2) is 10.0. The van der Waals surface area contributed by atoms with Gasteiger partial charge in [0.25, 0.3) is 0 Å². The van der Waals surface area contributed by atoms with Gasteiger partial charge >= 0.3 is 6.03 Å². The van der Waals surface area contributed by atoms with Gasteiger partial charge in [0, 0.05) is 54.0 Å². The van der Waals surface area contributed by atoms with Gasteiger partial charge in [0.15, 0.2) is 0 Å². The van der Waals surface area contributed by atoms with Crippen molar-refractivity contribution in [2.24, 2.45) is 5.73 Å². The van der Waals surface area contributed by atoms with Crippen LogP contribution in [0.25, 0.3) is 16.5 Å². The van der Waals surface area contributed by atoms with Crippen LogP contribution in [0, 0.1) is 0 Å². The Bertz CT molecular complexity index is 1080. The number of aryl methyl sites for hydroxylation is 1. The van der Waals surface area contributed by atoms with Crippen molar-refractivity contribution in [3.8, 4) is 0 Å². The third-order valence-electron chi connectivity index (χ3n) is 6.50. The zero-order valence-electron chi connectivity index (χ0n) is 19.2. The summed E-state index contributed by atoms with van der Waals surface area (Å²) in [6, 6.07) is 16.8. The van der Waals surface area contributed by atoms with Gasteiger partial charge in [-0.05, 0) is 68.9 Å². The van der Waals surface area contributed by atoms with Crippen molar-refractivity contribution in [2.75, 3.05) is 24.5 Å². The van der Waals surface area contributed by atoms with Crippen LogP contribution in [0.5, 0.6) is 0 Å². The molecule has 0 radical (unpaired) electrons. The zero-order valence-corrected chi connectivity index (χ0v) is 19.2. The number of aromatic amines is 1. The van der Waals surface area contributed by atoms with Gasteiger partial charge in [-0.15, -0.1) is 0 Å². The summed E-state index contributed by atoms with van der Waals surface area (Å²) >= 11 is 0. The molecule has 3 N–H and O–H groups in total. The highest BCUT2D eigenvalue weighted by molar-refractivity contribution is 5.98. The molecule has 0 saturated carbocycles. The molecule has 1 aliphatic rings. The van der Waals surface area contributed by atoms with Crippen molar-refractivity contribution in [1.29, 1.82) is 0 Å². The van der Waals surface area contributed by atoms with E-state index in [1.165, 1.54) is 16.7 Å². The van der Waals surface area contributed by atoms with Gasteiger partial charge in [0.2, 0.25) is 0 Å². The summed E-state index contributed by atoms with van der Waals surface area (Å²) in [6.45, 7) is 7.17. The van der Waals surface area contributed by atoms with Crippen LogP contribution >= 0.6 is 0 Å². The molecule has 2 heterocycles. The lowest BCUT2D eigenvalue weighted by Crippen LogP contribution is -2.36. The summed E-state index contributed by atoms with van der Waals surface area (Å²) in [4.78, 5) is 19.8. The van der Waals surface area contributed by atoms with E-state index in [9.17, 15) is 4.79 Å². The largest absolute Gasteiger partial charge is 0.361 e. The number of nitrogens with one attached hydrogen (secondary N) is 1. The lowest BCUT2D eigenvalue weighted by molar-refractivity contribution is 0.245. The number of fused-ring (bicyclic) bond motifs is 1. The van der Waals surface area contributed by atoms with Gasteiger partial charge in [0.1, 0.15) is 0 Å². The van der Waals surface area contributed by atoms with E-state index in [1.54, 1.807) is 4.90 Å². The normalized spacial score (nSPS) is 14.7. The number of hydrogen-bond donors (Lipinski definition) is 2. The summed E-state index contributed by atoms with van der Waals surface area (Å²) in [5.41, 5.74) is 11.7. The first-order valence-corrected chi connectivity index (χ1v) is 11.7. The highest BCUT2D eigenvalue weighted by Crippen LogP contribution is 2.32. The summed E-state index contributed by atoms with van der Waals surface area (Å²) in [5, 5.41) is 1.15. The Morgan fingerprint density at radius 3 is 2.66 bits per heavy atom. The van der Waals surface area contributed by atoms with E-state index >= 15 is 0 Å².